The molecule has 2 aliphatic heterocycles. The Balaban J connectivity index is 1.60. The molecule has 0 unspecified atom stereocenters. The van der Waals surface area contributed by atoms with Gasteiger partial charge in [0.05, 0.1) is 9.75 Å². The predicted molar refractivity (Wildman–Crippen MR) is 105 cm³/mol. The molecule has 0 saturated carbocycles. The molecule has 2 aliphatic rings. The zero-order chi connectivity index (χ0) is 17.7. The summed E-state index contributed by atoms with van der Waals surface area (Å²) in [7, 11) is 0. The van der Waals surface area contributed by atoms with Crippen LogP contribution in [0, 0.1) is 13.8 Å². The highest BCUT2D eigenvalue weighted by Gasteiger charge is 2.24. The van der Waals surface area contributed by atoms with Crippen LogP contribution in [0.25, 0.3) is 20.9 Å². The maximum atomic E-state index is 5.87. The van der Waals surface area contributed by atoms with Crippen molar-refractivity contribution < 1.29 is 18.9 Å². The minimum Gasteiger partial charge on any atom is -0.485 e. The van der Waals surface area contributed by atoms with E-state index in [0.29, 0.717) is 26.4 Å². The van der Waals surface area contributed by atoms with Gasteiger partial charge in [0.15, 0.2) is 23.0 Å². The van der Waals surface area contributed by atoms with Crippen molar-refractivity contribution in [1.29, 1.82) is 0 Å². The van der Waals surface area contributed by atoms with Gasteiger partial charge in [-0.2, -0.15) is 0 Å². The van der Waals surface area contributed by atoms with E-state index in [0.717, 1.165) is 32.8 Å². The molecule has 0 aliphatic carbocycles. The fraction of sp³-hybridized carbons (Fsp3) is 0.300. The van der Waals surface area contributed by atoms with Crippen LogP contribution >= 0.6 is 22.7 Å². The fourth-order valence-corrected chi connectivity index (χ4v) is 5.43. The second kappa shape index (κ2) is 6.21. The number of thiophene rings is 2. The molecular formula is C20H18O4S2. The Morgan fingerprint density at radius 1 is 0.654 bits per heavy atom. The van der Waals surface area contributed by atoms with Crippen molar-refractivity contribution in [1.82, 2.24) is 0 Å². The molecule has 0 bridgehead atoms. The van der Waals surface area contributed by atoms with Crippen molar-refractivity contribution in [2.75, 3.05) is 26.4 Å². The van der Waals surface area contributed by atoms with Crippen molar-refractivity contribution in [2.45, 2.75) is 13.8 Å². The second-order valence-corrected chi connectivity index (χ2v) is 8.15. The van der Waals surface area contributed by atoms with E-state index in [-0.39, 0.29) is 0 Å². The van der Waals surface area contributed by atoms with Crippen LogP contribution in [-0.2, 0) is 0 Å². The van der Waals surface area contributed by atoms with Crippen LogP contribution in [0.1, 0.15) is 11.1 Å². The van der Waals surface area contributed by atoms with E-state index >= 15 is 0 Å². The Morgan fingerprint density at radius 3 is 1.54 bits per heavy atom. The highest BCUT2D eigenvalue weighted by Crippen LogP contribution is 2.50. The SMILES string of the molecule is Cc1cc(-c2scc3c2OCCO3)c(C)cc1-c1scc2c1OCCO2. The highest BCUT2D eigenvalue weighted by atomic mass is 32.1. The van der Waals surface area contributed by atoms with Gasteiger partial charge in [0.25, 0.3) is 0 Å². The Hall–Kier alpha value is -2.18. The quantitative estimate of drug-likeness (QED) is 0.599. The molecule has 0 radical (unpaired) electrons. The summed E-state index contributed by atoms with van der Waals surface area (Å²) in [6.07, 6.45) is 0. The number of hydrogen-bond acceptors (Lipinski definition) is 6. The van der Waals surface area contributed by atoms with Gasteiger partial charge >= 0.3 is 0 Å². The molecule has 4 nitrogen and oxygen atoms in total. The van der Waals surface area contributed by atoms with Gasteiger partial charge in [0.2, 0.25) is 0 Å². The number of aryl methyl sites for hydroxylation is 2. The van der Waals surface area contributed by atoms with Crippen LogP contribution in [0.5, 0.6) is 23.0 Å². The average molecular weight is 386 g/mol. The van der Waals surface area contributed by atoms with Crippen molar-refractivity contribution >= 4 is 22.7 Å². The molecule has 6 heteroatoms. The molecule has 0 N–H and O–H groups in total. The highest BCUT2D eigenvalue weighted by molar-refractivity contribution is 7.14. The first-order valence-electron chi connectivity index (χ1n) is 8.58. The Morgan fingerprint density at radius 2 is 1.08 bits per heavy atom. The number of fused-ring (bicyclic) bond motifs is 2. The molecule has 134 valence electrons. The van der Waals surface area contributed by atoms with Gasteiger partial charge in [-0.25, -0.2) is 0 Å². The summed E-state index contributed by atoms with van der Waals surface area (Å²) in [5.74, 6) is 3.47. The topological polar surface area (TPSA) is 36.9 Å². The van der Waals surface area contributed by atoms with Gasteiger partial charge in [-0.1, -0.05) is 0 Å². The van der Waals surface area contributed by atoms with Gasteiger partial charge in [-0.15, -0.1) is 22.7 Å². The lowest BCUT2D eigenvalue weighted by Crippen LogP contribution is -2.14. The molecule has 0 atom stereocenters. The number of hydrogen-bond donors (Lipinski definition) is 0. The monoisotopic (exact) mass is 386 g/mol. The molecule has 26 heavy (non-hydrogen) atoms. The standard InChI is InChI=1S/C20H18O4S2/c1-11-7-14(20-18-16(10-26-20)22-4-6-24-18)12(2)8-13(11)19-17-15(9-25-19)21-3-5-23-17/h7-10H,3-6H2,1-2H3. The normalized spacial score (nSPS) is 15.2. The molecule has 4 heterocycles. The Kier molecular flexibility index (Phi) is 3.83. The second-order valence-electron chi connectivity index (χ2n) is 6.39. The van der Waals surface area contributed by atoms with Crippen LogP contribution in [0.4, 0.5) is 0 Å². The average Bonchev–Trinajstić information content (AvgIpc) is 3.27. The summed E-state index contributed by atoms with van der Waals surface area (Å²) in [4.78, 5) is 2.28. The molecule has 5 rings (SSSR count). The van der Waals surface area contributed by atoms with Crippen molar-refractivity contribution in [3.05, 3.63) is 34.0 Å². The largest absolute Gasteiger partial charge is 0.485 e. The van der Waals surface area contributed by atoms with Gasteiger partial charge in [0, 0.05) is 10.8 Å². The smallest absolute Gasteiger partial charge is 0.179 e. The van der Waals surface area contributed by atoms with Crippen LogP contribution in [0.15, 0.2) is 22.9 Å². The fourth-order valence-electron chi connectivity index (χ4n) is 3.40. The zero-order valence-corrected chi connectivity index (χ0v) is 16.2. The summed E-state index contributed by atoms with van der Waals surface area (Å²) < 4.78 is 23.1. The van der Waals surface area contributed by atoms with Crippen molar-refractivity contribution in [3.63, 3.8) is 0 Å². The molecule has 2 aromatic heterocycles. The van der Waals surface area contributed by atoms with Gasteiger partial charge in [-0.3, -0.25) is 0 Å². The maximum Gasteiger partial charge on any atom is 0.179 e. The molecule has 3 aromatic rings. The van der Waals surface area contributed by atoms with E-state index in [1.807, 2.05) is 10.8 Å². The van der Waals surface area contributed by atoms with E-state index in [2.05, 4.69) is 26.0 Å². The third-order valence-electron chi connectivity index (χ3n) is 4.66. The molecule has 0 amide bonds. The lowest BCUT2D eigenvalue weighted by atomic mass is 9.97. The Bertz CT molecular complexity index is 906. The molecule has 0 saturated heterocycles. The molecule has 0 fully saturated rings. The van der Waals surface area contributed by atoms with Gasteiger partial charge < -0.3 is 18.9 Å². The minimum absolute atomic E-state index is 0.603. The van der Waals surface area contributed by atoms with Crippen LogP contribution < -0.4 is 18.9 Å². The first-order valence-corrected chi connectivity index (χ1v) is 10.3. The van der Waals surface area contributed by atoms with Crippen molar-refractivity contribution in [3.8, 4) is 43.9 Å². The van der Waals surface area contributed by atoms with E-state index in [1.165, 1.54) is 22.3 Å². The number of ether oxygens (including phenoxy) is 4. The molecular weight excluding hydrogens is 368 g/mol. The summed E-state index contributed by atoms with van der Waals surface area (Å²) in [5, 5.41) is 4.07. The summed E-state index contributed by atoms with van der Waals surface area (Å²) in [5.41, 5.74) is 4.82. The van der Waals surface area contributed by atoms with Crippen LogP contribution in [-0.4, -0.2) is 26.4 Å². The number of benzene rings is 1. The van der Waals surface area contributed by atoms with E-state index in [1.54, 1.807) is 22.7 Å². The summed E-state index contributed by atoms with van der Waals surface area (Å²) in [6.45, 7) is 6.73. The lowest BCUT2D eigenvalue weighted by molar-refractivity contribution is 0.174. The summed E-state index contributed by atoms with van der Waals surface area (Å²) in [6, 6.07) is 4.48. The summed E-state index contributed by atoms with van der Waals surface area (Å²) >= 11 is 3.35. The molecule has 0 spiro atoms. The van der Waals surface area contributed by atoms with Crippen molar-refractivity contribution in [2.24, 2.45) is 0 Å². The van der Waals surface area contributed by atoms with Crippen LogP contribution in [0.3, 0.4) is 0 Å². The lowest BCUT2D eigenvalue weighted by Gasteiger charge is -2.19. The first-order chi connectivity index (χ1) is 12.7. The van der Waals surface area contributed by atoms with E-state index in [9.17, 15) is 0 Å². The van der Waals surface area contributed by atoms with Gasteiger partial charge in [0.1, 0.15) is 26.4 Å². The third kappa shape index (κ3) is 2.47. The van der Waals surface area contributed by atoms with E-state index < -0.39 is 0 Å². The first kappa shape index (κ1) is 16.0. The maximum absolute atomic E-state index is 5.87. The third-order valence-corrected chi connectivity index (χ3v) is 6.61. The minimum atomic E-state index is 0.603. The zero-order valence-electron chi connectivity index (χ0n) is 14.6. The van der Waals surface area contributed by atoms with E-state index in [4.69, 9.17) is 18.9 Å². The Labute approximate surface area is 159 Å². The van der Waals surface area contributed by atoms with Crippen LogP contribution in [0.2, 0.25) is 0 Å². The van der Waals surface area contributed by atoms with Gasteiger partial charge in [-0.05, 0) is 48.2 Å². The number of rotatable bonds is 2. The predicted octanol–water partition coefficient (Wildman–Crippen LogP) is 5.30. The molecule has 1 aromatic carbocycles.